The van der Waals surface area contributed by atoms with E-state index < -0.39 is 0 Å². The first-order chi connectivity index (χ1) is 9.72. The Morgan fingerprint density at radius 3 is 2.24 bits per heavy atom. The third-order valence-corrected chi connectivity index (χ3v) is 4.32. The van der Waals surface area contributed by atoms with Crippen LogP contribution in [0.3, 0.4) is 0 Å². The van der Waals surface area contributed by atoms with Crippen LogP contribution in [0, 0.1) is 17.8 Å². The summed E-state index contributed by atoms with van der Waals surface area (Å²) in [6, 6.07) is 0.479. The molecule has 1 saturated carbocycles. The van der Waals surface area contributed by atoms with Crippen molar-refractivity contribution in [1.29, 1.82) is 0 Å². The molecule has 1 aromatic rings. The minimum absolute atomic E-state index is 0.380. The predicted octanol–water partition coefficient (Wildman–Crippen LogP) is 4.23. The van der Waals surface area contributed by atoms with Crippen molar-refractivity contribution in [1.82, 2.24) is 9.97 Å². The summed E-state index contributed by atoms with van der Waals surface area (Å²) in [5.74, 6) is 1.91. The van der Waals surface area contributed by atoms with Gasteiger partial charge in [-0.25, -0.2) is 9.97 Å². The van der Waals surface area contributed by atoms with Crippen molar-refractivity contribution < 1.29 is 0 Å². The Labute approximate surface area is 129 Å². The summed E-state index contributed by atoms with van der Waals surface area (Å²) < 4.78 is 0. The zero-order valence-electron chi connectivity index (χ0n) is 14.4. The summed E-state index contributed by atoms with van der Waals surface area (Å²) in [5.41, 5.74) is 1.87. The van der Waals surface area contributed by atoms with E-state index >= 15 is 0 Å². The monoisotopic (exact) mass is 290 g/mol. The average molecular weight is 290 g/mol. The maximum absolute atomic E-state index is 4.45. The Bertz CT molecular complexity index is 478. The molecular weight excluding hydrogens is 260 g/mol. The Balaban J connectivity index is 2.16. The van der Waals surface area contributed by atoms with Crippen LogP contribution in [-0.4, -0.2) is 22.6 Å². The smallest absolute Gasteiger partial charge is 0.134 e. The fourth-order valence-corrected chi connectivity index (χ4v) is 4.08. The molecule has 2 N–H and O–H groups in total. The van der Waals surface area contributed by atoms with E-state index in [4.69, 9.17) is 0 Å². The SMILES string of the molecule is CCNc1ncnc(NC2CC(C)(C)CC(C)(C)C2)c1C. The van der Waals surface area contributed by atoms with Crippen molar-refractivity contribution in [2.45, 2.75) is 66.8 Å². The van der Waals surface area contributed by atoms with Crippen LogP contribution >= 0.6 is 0 Å². The molecule has 4 nitrogen and oxygen atoms in total. The number of nitrogens with zero attached hydrogens (tertiary/aromatic N) is 2. The van der Waals surface area contributed by atoms with Crippen LogP contribution in [0.4, 0.5) is 11.6 Å². The number of rotatable bonds is 4. The van der Waals surface area contributed by atoms with E-state index in [1.54, 1.807) is 6.33 Å². The van der Waals surface area contributed by atoms with Gasteiger partial charge in [-0.15, -0.1) is 0 Å². The molecule has 1 heterocycles. The highest BCUT2D eigenvalue weighted by Gasteiger charge is 2.38. The normalized spacial score (nSPS) is 21.0. The summed E-state index contributed by atoms with van der Waals surface area (Å²) in [5, 5.41) is 6.96. The molecule has 2 rings (SSSR count). The molecule has 1 aliphatic carbocycles. The van der Waals surface area contributed by atoms with Crippen LogP contribution in [0.2, 0.25) is 0 Å². The molecule has 1 aromatic heterocycles. The molecule has 0 bridgehead atoms. The van der Waals surface area contributed by atoms with Gasteiger partial charge in [0.1, 0.15) is 18.0 Å². The number of hydrogen-bond acceptors (Lipinski definition) is 4. The van der Waals surface area contributed by atoms with Crippen molar-refractivity contribution in [3.63, 3.8) is 0 Å². The molecule has 21 heavy (non-hydrogen) atoms. The molecule has 0 aliphatic heterocycles. The summed E-state index contributed by atoms with van der Waals surface area (Å²) >= 11 is 0. The van der Waals surface area contributed by atoms with Gasteiger partial charge in [0.05, 0.1) is 0 Å². The van der Waals surface area contributed by atoms with E-state index in [1.807, 2.05) is 0 Å². The van der Waals surface area contributed by atoms with Crippen LogP contribution in [0.25, 0.3) is 0 Å². The first-order valence-corrected chi connectivity index (χ1v) is 8.04. The van der Waals surface area contributed by atoms with Crippen molar-refractivity contribution in [3.8, 4) is 0 Å². The van der Waals surface area contributed by atoms with E-state index in [0.717, 1.165) is 23.7 Å². The maximum atomic E-state index is 4.45. The molecule has 1 fully saturated rings. The molecular formula is C17H30N4. The van der Waals surface area contributed by atoms with Crippen LogP contribution in [0.5, 0.6) is 0 Å². The van der Waals surface area contributed by atoms with Gasteiger partial charge in [-0.1, -0.05) is 27.7 Å². The molecule has 0 saturated heterocycles. The van der Waals surface area contributed by atoms with Crippen molar-refractivity contribution in [2.75, 3.05) is 17.2 Å². The number of hydrogen-bond donors (Lipinski definition) is 2. The highest BCUT2D eigenvalue weighted by molar-refractivity contribution is 5.56. The van der Waals surface area contributed by atoms with E-state index in [9.17, 15) is 0 Å². The standard InChI is InChI=1S/C17H30N4/c1-7-18-14-12(2)15(20-11-19-14)21-13-8-16(3,4)10-17(5,6)9-13/h11,13H,7-10H2,1-6H3,(H2,18,19,20,21). The molecule has 0 atom stereocenters. The van der Waals surface area contributed by atoms with Gasteiger partial charge in [0.15, 0.2) is 0 Å². The maximum Gasteiger partial charge on any atom is 0.134 e. The van der Waals surface area contributed by atoms with Crippen LogP contribution in [0.15, 0.2) is 6.33 Å². The average Bonchev–Trinajstić information content (AvgIpc) is 2.30. The molecule has 0 radical (unpaired) electrons. The van der Waals surface area contributed by atoms with Gasteiger partial charge in [0, 0.05) is 18.2 Å². The van der Waals surface area contributed by atoms with Gasteiger partial charge in [-0.3, -0.25) is 0 Å². The van der Waals surface area contributed by atoms with Gasteiger partial charge in [0.2, 0.25) is 0 Å². The first kappa shape index (κ1) is 16.1. The van der Waals surface area contributed by atoms with Crippen molar-refractivity contribution in [2.24, 2.45) is 10.8 Å². The summed E-state index contributed by atoms with van der Waals surface area (Å²) in [7, 11) is 0. The molecule has 1 aliphatic rings. The Morgan fingerprint density at radius 1 is 1.10 bits per heavy atom. The van der Waals surface area contributed by atoms with Gasteiger partial charge in [-0.2, -0.15) is 0 Å². The second-order valence-corrected chi connectivity index (χ2v) is 7.98. The third kappa shape index (κ3) is 4.08. The lowest BCUT2D eigenvalue weighted by molar-refractivity contribution is 0.105. The highest BCUT2D eigenvalue weighted by atomic mass is 15.1. The molecule has 4 heteroatoms. The van der Waals surface area contributed by atoms with Crippen LogP contribution in [-0.2, 0) is 0 Å². The second-order valence-electron chi connectivity index (χ2n) is 7.98. The zero-order valence-corrected chi connectivity index (χ0v) is 14.4. The third-order valence-electron chi connectivity index (χ3n) is 4.32. The molecule has 0 unspecified atom stereocenters. The lowest BCUT2D eigenvalue weighted by Gasteiger charge is -2.45. The minimum atomic E-state index is 0.380. The Hall–Kier alpha value is -1.32. The molecule has 0 spiro atoms. The van der Waals surface area contributed by atoms with E-state index in [2.05, 4.69) is 62.1 Å². The van der Waals surface area contributed by atoms with Gasteiger partial charge in [0.25, 0.3) is 0 Å². The molecule has 0 aromatic carbocycles. The number of anilines is 2. The quantitative estimate of drug-likeness (QED) is 0.871. The minimum Gasteiger partial charge on any atom is -0.370 e. The number of aromatic nitrogens is 2. The van der Waals surface area contributed by atoms with E-state index in [0.29, 0.717) is 16.9 Å². The Kier molecular flexibility index (Phi) is 4.45. The first-order valence-electron chi connectivity index (χ1n) is 8.04. The second kappa shape index (κ2) is 5.82. The topological polar surface area (TPSA) is 49.8 Å². The molecule has 118 valence electrons. The Morgan fingerprint density at radius 2 is 1.67 bits per heavy atom. The largest absolute Gasteiger partial charge is 0.370 e. The predicted molar refractivity (Wildman–Crippen MR) is 89.8 cm³/mol. The van der Waals surface area contributed by atoms with Gasteiger partial charge < -0.3 is 10.6 Å². The summed E-state index contributed by atoms with van der Waals surface area (Å²) in [4.78, 5) is 8.77. The fourth-order valence-electron chi connectivity index (χ4n) is 4.08. The van der Waals surface area contributed by atoms with E-state index in [1.165, 1.54) is 19.3 Å². The van der Waals surface area contributed by atoms with Crippen molar-refractivity contribution in [3.05, 3.63) is 11.9 Å². The number of nitrogens with one attached hydrogen (secondary N) is 2. The van der Waals surface area contributed by atoms with Crippen LogP contribution in [0.1, 0.15) is 59.4 Å². The highest BCUT2D eigenvalue weighted by Crippen LogP contribution is 2.46. The van der Waals surface area contributed by atoms with Gasteiger partial charge >= 0.3 is 0 Å². The van der Waals surface area contributed by atoms with Crippen LogP contribution < -0.4 is 10.6 Å². The fraction of sp³-hybridized carbons (Fsp3) is 0.765. The summed E-state index contributed by atoms with van der Waals surface area (Å²) in [6.45, 7) is 14.5. The van der Waals surface area contributed by atoms with E-state index in [-0.39, 0.29) is 0 Å². The zero-order chi connectivity index (χ0) is 15.7. The lowest BCUT2D eigenvalue weighted by Crippen LogP contribution is -2.40. The van der Waals surface area contributed by atoms with Gasteiger partial charge in [-0.05, 0) is 43.9 Å². The summed E-state index contributed by atoms with van der Waals surface area (Å²) in [6.07, 6.45) is 5.31. The van der Waals surface area contributed by atoms with Crippen molar-refractivity contribution >= 4 is 11.6 Å². The molecule has 0 amide bonds. The lowest BCUT2D eigenvalue weighted by atomic mass is 9.63.